The van der Waals surface area contributed by atoms with Gasteiger partial charge in [-0.1, -0.05) is 29.8 Å². The Kier molecular flexibility index (Phi) is 7.23. The molecule has 8 heteroatoms. The van der Waals surface area contributed by atoms with Crippen molar-refractivity contribution in [2.24, 2.45) is 0 Å². The van der Waals surface area contributed by atoms with Crippen molar-refractivity contribution < 1.29 is 18.3 Å². The normalized spacial score (nSPS) is 10.8. The molecule has 3 aromatic carbocycles. The lowest BCUT2D eigenvalue weighted by molar-refractivity contribution is -0.121. The van der Waals surface area contributed by atoms with E-state index in [4.69, 9.17) is 16.3 Å². The number of benzene rings is 3. The average Bonchev–Trinajstić information content (AvgIpc) is 3.28. The molecule has 0 atom stereocenters. The highest BCUT2D eigenvalue weighted by atomic mass is 35.5. The summed E-state index contributed by atoms with van der Waals surface area (Å²) in [4.78, 5) is 12.4. The molecule has 4 aromatic rings. The van der Waals surface area contributed by atoms with Crippen molar-refractivity contribution in [3.63, 3.8) is 0 Å². The molecule has 1 heterocycles. The lowest BCUT2D eigenvalue weighted by Gasteiger charge is -2.08. The fourth-order valence-corrected chi connectivity index (χ4v) is 3.71. The van der Waals surface area contributed by atoms with Crippen molar-refractivity contribution in [2.45, 2.75) is 19.4 Å². The van der Waals surface area contributed by atoms with Crippen LogP contribution in [0, 0.1) is 11.6 Å². The van der Waals surface area contributed by atoms with Gasteiger partial charge in [0.15, 0.2) is 0 Å². The lowest BCUT2D eigenvalue weighted by Crippen LogP contribution is -2.23. The number of aryl methyl sites for hydroxylation is 1. The molecule has 1 aromatic heterocycles. The number of hydrogen-bond donors (Lipinski definition) is 1. The third-order valence-corrected chi connectivity index (χ3v) is 5.57. The predicted molar refractivity (Wildman–Crippen MR) is 127 cm³/mol. The number of rotatable bonds is 8. The van der Waals surface area contributed by atoms with E-state index in [9.17, 15) is 13.6 Å². The topological polar surface area (TPSA) is 56.2 Å². The molecule has 0 unspecified atom stereocenters. The minimum Gasteiger partial charge on any atom is -0.497 e. The van der Waals surface area contributed by atoms with Crippen LogP contribution in [0.5, 0.6) is 5.75 Å². The Morgan fingerprint density at radius 3 is 2.56 bits per heavy atom. The number of ether oxygens (including phenoxy) is 1. The first-order chi connectivity index (χ1) is 16.4. The van der Waals surface area contributed by atoms with Crippen LogP contribution in [0.2, 0.25) is 5.02 Å². The van der Waals surface area contributed by atoms with Crippen LogP contribution in [0.25, 0.3) is 16.9 Å². The second kappa shape index (κ2) is 10.5. The van der Waals surface area contributed by atoms with Gasteiger partial charge in [0, 0.05) is 24.9 Å². The molecular formula is C26H22ClF2N3O2. The van der Waals surface area contributed by atoms with Crippen LogP contribution in [0.3, 0.4) is 0 Å². The van der Waals surface area contributed by atoms with Gasteiger partial charge in [-0.05, 0) is 60.2 Å². The van der Waals surface area contributed by atoms with E-state index in [1.54, 1.807) is 23.9 Å². The molecule has 0 spiro atoms. The number of carbonyl (C=O) groups excluding carboxylic acids is 1. The molecule has 0 saturated heterocycles. The van der Waals surface area contributed by atoms with E-state index >= 15 is 0 Å². The number of nitrogens with one attached hydrogen (secondary N) is 1. The summed E-state index contributed by atoms with van der Waals surface area (Å²) in [6.45, 7) is 0.244. The summed E-state index contributed by atoms with van der Waals surface area (Å²) in [5.41, 5.74) is 3.56. The van der Waals surface area contributed by atoms with Gasteiger partial charge in [-0.2, -0.15) is 5.10 Å². The predicted octanol–water partition coefficient (Wildman–Crippen LogP) is 5.73. The summed E-state index contributed by atoms with van der Waals surface area (Å²) in [5, 5.41) is 7.49. The van der Waals surface area contributed by atoms with Gasteiger partial charge in [0.05, 0.1) is 29.2 Å². The fraction of sp³-hybridized carbons (Fsp3) is 0.154. The fourth-order valence-electron chi connectivity index (χ4n) is 3.51. The number of carbonyl (C=O) groups is 1. The molecule has 4 rings (SSSR count). The van der Waals surface area contributed by atoms with Crippen molar-refractivity contribution >= 4 is 17.5 Å². The molecule has 1 amide bonds. The second-order valence-electron chi connectivity index (χ2n) is 7.67. The van der Waals surface area contributed by atoms with Crippen molar-refractivity contribution in [1.82, 2.24) is 15.1 Å². The van der Waals surface area contributed by atoms with Gasteiger partial charge in [0.2, 0.25) is 5.91 Å². The first-order valence-electron chi connectivity index (χ1n) is 10.6. The van der Waals surface area contributed by atoms with Crippen LogP contribution < -0.4 is 10.1 Å². The Morgan fingerprint density at radius 2 is 1.85 bits per heavy atom. The number of nitrogens with zero attached hydrogens (tertiary/aromatic N) is 2. The Morgan fingerprint density at radius 1 is 1.06 bits per heavy atom. The van der Waals surface area contributed by atoms with Crippen molar-refractivity contribution in [3.05, 3.63) is 101 Å². The van der Waals surface area contributed by atoms with E-state index in [2.05, 4.69) is 10.4 Å². The van der Waals surface area contributed by atoms with Gasteiger partial charge in [0.25, 0.3) is 0 Å². The highest BCUT2D eigenvalue weighted by molar-refractivity contribution is 6.30. The molecule has 174 valence electrons. The molecule has 0 radical (unpaired) electrons. The van der Waals surface area contributed by atoms with Crippen molar-refractivity contribution in [1.29, 1.82) is 0 Å². The number of halogens is 3. The number of hydrogen-bond acceptors (Lipinski definition) is 3. The molecule has 1 N–H and O–H groups in total. The maximum Gasteiger partial charge on any atom is 0.220 e. The molecule has 0 saturated carbocycles. The largest absolute Gasteiger partial charge is 0.497 e. The van der Waals surface area contributed by atoms with Crippen LogP contribution in [0.4, 0.5) is 8.78 Å². The average molecular weight is 482 g/mol. The standard InChI is InChI=1S/C26H22ClF2N3O2/c1-34-22-9-7-21(8-10-22)32-25(18-3-2-4-19(28)14-18)15-20(31-32)6-12-26(33)30-16-17-5-11-24(29)23(27)13-17/h2-5,7-11,13-15H,6,12,16H2,1H3,(H,30,33). The maximum atomic E-state index is 13.9. The van der Waals surface area contributed by atoms with E-state index in [1.165, 1.54) is 24.3 Å². The highest BCUT2D eigenvalue weighted by Crippen LogP contribution is 2.26. The summed E-state index contributed by atoms with van der Waals surface area (Å²) in [6, 6.07) is 19.8. The van der Waals surface area contributed by atoms with E-state index in [0.717, 1.165) is 5.69 Å². The molecular weight excluding hydrogens is 460 g/mol. The molecule has 0 fully saturated rings. The van der Waals surface area contributed by atoms with Gasteiger partial charge < -0.3 is 10.1 Å². The molecule has 34 heavy (non-hydrogen) atoms. The third-order valence-electron chi connectivity index (χ3n) is 5.28. The summed E-state index contributed by atoms with van der Waals surface area (Å²) in [6.07, 6.45) is 0.596. The lowest BCUT2D eigenvalue weighted by atomic mass is 10.1. The Hall–Kier alpha value is -3.71. The van der Waals surface area contributed by atoms with Gasteiger partial charge in [-0.15, -0.1) is 0 Å². The Balaban J connectivity index is 1.50. The zero-order valence-electron chi connectivity index (χ0n) is 18.4. The van der Waals surface area contributed by atoms with Gasteiger partial charge in [-0.3, -0.25) is 4.79 Å². The van der Waals surface area contributed by atoms with Crippen molar-refractivity contribution in [2.75, 3.05) is 7.11 Å². The quantitative estimate of drug-likeness (QED) is 0.350. The summed E-state index contributed by atoms with van der Waals surface area (Å²) in [5.74, 6) is -0.311. The number of methoxy groups -OCH3 is 1. The van der Waals surface area contributed by atoms with Crippen LogP contribution in [-0.2, 0) is 17.8 Å². The van der Waals surface area contributed by atoms with Crippen LogP contribution in [0.15, 0.2) is 72.8 Å². The van der Waals surface area contributed by atoms with Gasteiger partial charge in [-0.25, -0.2) is 13.5 Å². The second-order valence-corrected chi connectivity index (χ2v) is 8.07. The molecule has 0 aliphatic carbocycles. The zero-order chi connectivity index (χ0) is 24.1. The molecule has 0 aliphatic heterocycles. The minimum absolute atomic E-state index is 0.0145. The van der Waals surface area contributed by atoms with Gasteiger partial charge >= 0.3 is 0 Å². The highest BCUT2D eigenvalue weighted by Gasteiger charge is 2.14. The molecule has 5 nitrogen and oxygen atoms in total. The van der Waals surface area contributed by atoms with Gasteiger partial charge in [0.1, 0.15) is 17.4 Å². The van der Waals surface area contributed by atoms with E-state index in [1.807, 2.05) is 36.4 Å². The van der Waals surface area contributed by atoms with Crippen LogP contribution in [0.1, 0.15) is 17.7 Å². The first kappa shape index (κ1) is 23.4. The SMILES string of the molecule is COc1ccc(-n2nc(CCC(=O)NCc3ccc(F)c(Cl)c3)cc2-c2cccc(F)c2)cc1. The van der Waals surface area contributed by atoms with Crippen LogP contribution in [-0.4, -0.2) is 22.8 Å². The zero-order valence-corrected chi connectivity index (χ0v) is 19.2. The third kappa shape index (κ3) is 5.61. The molecule has 0 aliphatic rings. The van der Waals surface area contributed by atoms with Crippen LogP contribution >= 0.6 is 11.6 Å². The number of amides is 1. The Bertz CT molecular complexity index is 1310. The summed E-state index contributed by atoms with van der Waals surface area (Å²) < 4.78 is 34.1. The Labute approximate surface area is 200 Å². The molecule has 0 bridgehead atoms. The first-order valence-corrected chi connectivity index (χ1v) is 11.0. The van der Waals surface area contributed by atoms with Crippen molar-refractivity contribution in [3.8, 4) is 22.7 Å². The minimum atomic E-state index is -0.502. The summed E-state index contributed by atoms with van der Waals surface area (Å²) in [7, 11) is 1.59. The van der Waals surface area contributed by atoms with E-state index in [0.29, 0.717) is 34.7 Å². The van der Waals surface area contributed by atoms with E-state index in [-0.39, 0.29) is 29.7 Å². The summed E-state index contributed by atoms with van der Waals surface area (Å²) >= 11 is 5.79. The maximum absolute atomic E-state index is 13.9. The smallest absolute Gasteiger partial charge is 0.220 e. The monoisotopic (exact) mass is 481 g/mol. The number of aromatic nitrogens is 2. The van der Waals surface area contributed by atoms with E-state index < -0.39 is 5.82 Å².